The average molecular weight is 417 g/mol. The number of carbonyl (C=O) groups is 1. The number of urea groups is 1. The fourth-order valence-corrected chi connectivity index (χ4v) is 3.93. The van der Waals surface area contributed by atoms with Crippen LogP contribution >= 0.6 is 11.6 Å². The first-order valence-electron chi connectivity index (χ1n) is 9.42. The number of nitrogens with zero attached hydrogens (tertiary/aromatic N) is 4. The number of benzene rings is 1. The van der Waals surface area contributed by atoms with Gasteiger partial charge in [-0.05, 0) is 23.8 Å². The van der Waals surface area contributed by atoms with E-state index in [-0.39, 0.29) is 12.1 Å². The quantitative estimate of drug-likeness (QED) is 0.517. The Labute approximate surface area is 177 Å². The number of fused-ring (bicyclic) bond motifs is 3. The number of amides is 2. The summed E-state index contributed by atoms with van der Waals surface area (Å²) in [6.07, 6.45) is 8.48. The highest BCUT2D eigenvalue weighted by molar-refractivity contribution is 6.33. The largest absolute Gasteiger partial charge is 0.335 e. The number of imidazole rings is 1. The highest BCUT2D eigenvalue weighted by Gasteiger charge is 2.28. The number of aromatic nitrogens is 4. The number of hydrogen-bond acceptors (Lipinski definition) is 4. The third-order valence-corrected chi connectivity index (χ3v) is 5.42. The van der Waals surface area contributed by atoms with Gasteiger partial charge in [-0.1, -0.05) is 35.9 Å². The maximum atomic E-state index is 12.4. The molecule has 5 rings (SSSR count). The van der Waals surface area contributed by atoms with E-state index in [0.717, 1.165) is 16.8 Å². The molecule has 0 fully saturated rings. The van der Waals surface area contributed by atoms with Gasteiger partial charge in [0.05, 0.1) is 46.9 Å². The summed E-state index contributed by atoms with van der Waals surface area (Å²) in [5.41, 5.74) is 5.48. The second-order valence-electron chi connectivity index (χ2n) is 6.91. The molecule has 7 nitrogen and oxygen atoms in total. The fourth-order valence-electron chi connectivity index (χ4n) is 3.72. The summed E-state index contributed by atoms with van der Waals surface area (Å²) in [5.74, 6) is 0. The summed E-state index contributed by atoms with van der Waals surface area (Å²) in [4.78, 5) is 25.0. The lowest BCUT2D eigenvalue weighted by Gasteiger charge is -2.16. The van der Waals surface area contributed by atoms with E-state index >= 15 is 0 Å². The zero-order valence-electron chi connectivity index (χ0n) is 15.8. The molecule has 0 saturated heterocycles. The molecule has 2 N–H and O–H groups in total. The van der Waals surface area contributed by atoms with Gasteiger partial charge >= 0.3 is 6.03 Å². The van der Waals surface area contributed by atoms with E-state index in [2.05, 4.69) is 42.3 Å². The minimum absolute atomic E-state index is 0.0128. The standard InChI is InChI=1S/C22H17ClN6O/c23-18-10-24-8-7-17(18)19-6-5-14(9-26-19)28-22(30)27-12-21-16-4-2-1-3-15(16)20-11-25-13-29(20)21/h1-11,13,21H,12H2,(H2,27,28,30). The monoisotopic (exact) mass is 416 g/mol. The third-order valence-electron chi connectivity index (χ3n) is 5.12. The van der Waals surface area contributed by atoms with Crippen LogP contribution in [0.3, 0.4) is 0 Å². The van der Waals surface area contributed by atoms with Crippen molar-refractivity contribution in [2.75, 3.05) is 11.9 Å². The molecule has 4 heterocycles. The van der Waals surface area contributed by atoms with Gasteiger partial charge in [0.15, 0.2) is 0 Å². The van der Waals surface area contributed by atoms with Crippen LogP contribution in [0, 0.1) is 0 Å². The van der Waals surface area contributed by atoms with Crippen molar-refractivity contribution in [2.24, 2.45) is 0 Å². The Morgan fingerprint density at radius 3 is 2.77 bits per heavy atom. The van der Waals surface area contributed by atoms with E-state index in [4.69, 9.17) is 11.6 Å². The van der Waals surface area contributed by atoms with Gasteiger partial charge in [-0.2, -0.15) is 0 Å². The number of anilines is 1. The molecule has 1 aromatic carbocycles. The Morgan fingerprint density at radius 1 is 1.03 bits per heavy atom. The topological polar surface area (TPSA) is 84.7 Å². The van der Waals surface area contributed by atoms with Gasteiger partial charge in [0.2, 0.25) is 0 Å². The van der Waals surface area contributed by atoms with Crippen LogP contribution in [0.5, 0.6) is 0 Å². The number of carbonyl (C=O) groups excluding carboxylic acids is 1. The highest BCUT2D eigenvalue weighted by Crippen LogP contribution is 2.38. The SMILES string of the molecule is O=C(NCC1c2ccccc2-c2cncn21)Nc1ccc(-c2ccncc2Cl)nc1. The molecule has 30 heavy (non-hydrogen) atoms. The molecule has 4 aromatic rings. The van der Waals surface area contributed by atoms with Crippen molar-refractivity contribution in [1.29, 1.82) is 0 Å². The maximum absolute atomic E-state index is 12.4. The van der Waals surface area contributed by atoms with E-state index in [1.165, 1.54) is 5.56 Å². The molecule has 148 valence electrons. The summed E-state index contributed by atoms with van der Waals surface area (Å²) in [6, 6.07) is 13.3. The minimum atomic E-state index is -0.294. The van der Waals surface area contributed by atoms with Crippen LogP contribution in [0.25, 0.3) is 22.5 Å². The smallest absolute Gasteiger partial charge is 0.319 e. The van der Waals surface area contributed by atoms with Crippen molar-refractivity contribution >= 4 is 23.3 Å². The van der Waals surface area contributed by atoms with Crippen LogP contribution in [-0.2, 0) is 0 Å². The number of pyridine rings is 2. The molecule has 0 bridgehead atoms. The number of rotatable bonds is 4. The Balaban J connectivity index is 1.25. The lowest BCUT2D eigenvalue weighted by atomic mass is 10.0. The first-order valence-corrected chi connectivity index (χ1v) is 9.80. The molecule has 1 aliphatic heterocycles. The zero-order valence-corrected chi connectivity index (χ0v) is 16.5. The molecule has 0 spiro atoms. The molecule has 3 aromatic heterocycles. The average Bonchev–Trinajstić information content (AvgIpc) is 3.35. The second-order valence-corrected chi connectivity index (χ2v) is 7.32. The molecule has 8 heteroatoms. The molecule has 1 atom stereocenters. The summed E-state index contributed by atoms with van der Waals surface area (Å²) in [5, 5.41) is 6.29. The molecular formula is C22H17ClN6O. The van der Waals surface area contributed by atoms with E-state index in [0.29, 0.717) is 22.9 Å². The first kappa shape index (κ1) is 18.3. The van der Waals surface area contributed by atoms with Crippen molar-refractivity contribution < 1.29 is 4.79 Å². The van der Waals surface area contributed by atoms with Gasteiger partial charge in [0, 0.05) is 30.1 Å². The molecule has 1 unspecified atom stereocenters. The maximum Gasteiger partial charge on any atom is 0.319 e. The Kier molecular flexibility index (Phi) is 4.65. The molecular weight excluding hydrogens is 400 g/mol. The highest BCUT2D eigenvalue weighted by atomic mass is 35.5. The summed E-state index contributed by atoms with van der Waals surface area (Å²) >= 11 is 6.16. The molecule has 0 radical (unpaired) electrons. The second kappa shape index (κ2) is 7.61. The number of halogens is 1. The number of nitrogens with one attached hydrogen (secondary N) is 2. The predicted octanol–water partition coefficient (Wildman–Crippen LogP) is 4.39. The van der Waals surface area contributed by atoms with E-state index in [1.807, 2.05) is 24.4 Å². The molecule has 0 aliphatic carbocycles. The van der Waals surface area contributed by atoms with E-state index in [1.54, 1.807) is 37.1 Å². The van der Waals surface area contributed by atoms with Crippen molar-refractivity contribution in [2.45, 2.75) is 6.04 Å². The van der Waals surface area contributed by atoms with Crippen LogP contribution in [0.2, 0.25) is 5.02 Å². The Morgan fingerprint density at radius 2 is 1.93 bits per heavy atom. The summed E-state index contributed by atoms with van der Waals surface area (Å²) in [7, 11) is 0. The van der Waals surface area contributed by atoms with Crippen molar-refractivity contribution in [3.05, 3.63) is 84.2 Å². The third kappa shape index (κ3) is 3.29. The molecule has 1 aliphatic rings. The Bertz CT molecular complexity index is 1220. The molecule has 0 saturated carbocycles. The van der Waals surface area contributed by atoms with Crippen molar-refractivity contribution in [3.8, 4) is 22.5 Å². The van der Waals surface area contributed by atoms with Gasteiger partial charge in [-0.15, -0.1) is 0 Å². The summed E-state index contributed by atoms with van der Waals surface area (Å²) < 4.78 is 2.08. The lowest BCUT2D eigenvalue weighted by molar-refractivity contribution is 0.251. The van der Waals surface area contributed by atoms with Gasteiger partial charge in [-0.3, -0.25) is 9.97 Å². The van der Waals surface area contributed by atoms with Crippen LogP contribution in [0.1, 0.15) is 11.6 Å². The molecule has 2 amide bonds. The predicted molar refractivity (Wildman–Crippen MR) is 115 cm³/mol. The van der Waals surface area contributed by atoms with Gasteiger partial charge in [0.25, 0.3) is 0 Å². The van der Waals surface area contributed by atoms with Gasteiger partial charge in [0.1, 0.15) is 0 Å². The minimum Gasteiger partial charge on any atom is -0.335 e. The van der Waals surface area contributed by atoms with Gasteiger partial charge in [-0.25, -0.2) is 9.78 Å². The summed E-state index contributed by atoms with van der Waals surface area (Å²) in [6.45, 7) is 0.449. The van der Waals surface area contributed by atoms with Crippen LogP contribution < -0.4 is 10.6 Å². The number of hydrogen-bond donors (Lipinski definition) is 2. The van der Waals surface area contributed by atoms with E-state index < -0.39 is 0 Å². The van der Waals surface area contributed by atoms with Crippen LogP contribution in [0.4, 0.5) is 10.5 Å². The Hall–Kier alpha value is -3.71. The van der Waals surface area contributed by atoms with Gasteiger partial charge < -0.3 is 15.2 Å². The van der Waals surface area contributed by atoms with Crippen LogP contribution in [-0.4, -0.2) is 32.1 Å². The van der Waals surface area contributed by atoms with Crippen LogP contribution in [0.15, 0.2) is 73.6 Å². The lowest BCUT2D eigenvalue weighted by Crippen LogP contribution is -2.33. The normalized spacial score (nSPS) is 14.1. The van der Waals surface area contributed by atoms with E-state index in [9.17, 15) is 4.79 Å². The first-order chi connectivity index (χ1) is 14.7. The fraction of sp³-hybridized carbons (Fsp3) is 0.0909. The van der Waals surface area contributed by atoms with Crippen molar-refractivity contribution in [3.63, 3.8) is 0 Å². The van der Waals surface area contributed by atoms with Crippen molar-refractivity contribution in [1.82, 2.24) is 24.8 Å². The zero-order chi connectivity index (χ0) is 20.5.